The van der Waals surface area contributed by atoms with Gasteiger partial charge in [0.25, 0.3) is 0 Å². The van der Waals surface area contributed by atoms with E-state index in [-0.39, 0.29) is 17.0 Å². The lowest BCUT2D eigenvalue weighted by Crippen LogP contribution is -2.10. The highest BCUT2D eigenvalue weighted by molar-refractivity contribution is 6.06. The molecule has 0 spiro atoms. The van der Waals surface area contributed by atoms with E-state index in [1.807, 2.05) is 12.1 Å². The summed E-state index contributed by atoms with van der Waals surface area (Å²) in [6.07, 6.45) is 7.89. The summed E-state index contributed by atoms with van der Waals surface area (Å²) in [5, 5.41) is 2.82. The van der Waals surface area contributed by atoms with E-state index in [0.717, 1.165) is 24.1 Å². The Kier molecular flexibility index (Phi) is 4.46. The first-order valence-electron chi connectivity index (χ1n) is 10.3. The van der Waals surface area contributed by atoms with Crippen molar-refractivity contribution in [3.8, 4) is 5.88 Å². The summed E-state index contributed by atoms with van der Waals surface area (Å²) in [6, 6.07) is 9.29. The number of H-pyrrole nitrogens is 2. The predicted octanol–water partition coefficient (Wildman–Crippen LogP) is 3.74. The Balaban J connectivity index is 1.35. The van der Waals surface area contributed by atoms with Gasteiger partial charge in [0.05, 0.1) is 29.0 Å². The van der Waals surface area contributed by atoms with Crippen LogP contribution in [0, 0.1) is 5.92 Å². The number of nitrogens with one attached hydrogen (secondary N) is 3. The van der Waals surface area contributed by atoms with Gasteiger partial charge in [-0.3, -0.25) is 4.79 Å². The molecule has 2 fully saturated rings. The molecule has 2 aliphatic rings. The second-order valence-corrected chi connectivity index (χ2v) is 8.54. The maximum absolute atomic E-state index is 12.5. The van der Waals surface area contributed by atoms with Crippen LogP contribution >= 0.6 is 0 Å². The first-order chi connectivity index (χ1) is 14.5. The Bertz CT molecular complexity index is 1200. The molecule has 7 nitrogen and oxygen atoms in total. The first-order valence-corrected chi connectivity index (χ1v) is 10.3. The van der Waals surface area contributed by atoms with E-state index in [4.69, 9.17) is 9.72 Å². The number of hydrogen-bond acceptors (Lipinski definition) is 4. The Morgan fingerprint density at radius 1 is 1.27 bits per heavy atom. The highest BCUT2D eigenvalue weighted by atomic mass is 16.5. The summed E-state index contributed by atoms with van der Waals surface area (Å²) >= 11 is 0. The van der Waals surface area contributed by atoms with E-state index in [1.165, 1.54) is 18.9 Å². The fraction of sp³-hybridized carbons (Fsp3) is 0.348. The van der Waals surface area contributed by atoms with Crippen molar-refractivity contribution in [3.05, 3.63) is 58.1 Å². The number of hydrogen-bond donors (Lipinski definition) is 3. The zero-order valence-corrected chi connectivity index (χ0v) is 16.8. The van der Waals surface area contributed by atoms with Gasteiger partial charge in [0.2, 0.25) is 11.8 Å². The molecule has 2 heterocycles. The smallest absolute Gasteiger partial charge is 0.323 e. The maximum Gasteiger partial charge on any atom is 0.323 e. The van der Waals surface area contributed by atoms with E-state index in [1.54, 1.807) is 24.3 Å². The Hall–Kier alpha value is -3.35. The van der Waals surface area contributed by atoms with E-state index in [9.17, 15) is 9.59 Å². The van der Waals surface area contributed by atoms with Gasteiger partial charge in [-0.1, -0.05) is 13.0 Å². The maximum atomic E-state index is 12.5. The van der Waals surface area contributed by atoms with Crippen molar-refractivity contribution in [1.82, 2.24) is 15.0 Å². The van der Waals surface area contributed by atoms with Crippen LogP contribution in [0.1, 0.15) is 43.9 Å². The minimum atomic E-state index is -0.310. The Labute approximate surface area is 173 Å². The topological polar surface area (TPSA) is 99.9 Å². The SMILES string of the molecule is CC1(c2ccc(/C=C/C(=O)Nc3cccc4[nH]c(=O)[nH]c34)c(OCC3CC3)n2)CC1. The van der Waals surface area contributed by atoms with Crippen LogP contribution in [0.2, 0.25) is 0 Å². The molecular weight excluding hydrogens is 380 g/mol. The van der Waals surface area contributed by atoms with Crippen LogP contribution in [-0.4, -0.2) is 27.5 Å². The highest BCUT2D eigenvalue weighted by Gasteiger charge is 2.40. The number of amides is 1. The zero-order valence-electron chi connectivity index (χ0n) is 16.8. The van der Waals surface area contributed by atoms with Crippen LogP contribution in [0.15, 0.2) is 41.2 Å². The number of anilines is 1. The molecule has 2 aliphatic carbocycles. The third-order valence-corrected chi connectivity index (χ3v) is 5.88. The number of fused-ring (bicyclic) bond motifs is 1. The van der Waals surface area contributed by atoms with Crippen molar-refractivity contribution >= 4 is 28.7 Å². The molecule has 1 aromatic carbocycles. The van der Waals surface area contributed by atoms with Crippen molar-refractivity contribution in [2.24, 2.45) is 5.92 Å². The van der Waals surface area contributed by atoms with Crippen molar-refractivity contribution in [2.45, 2.75) is 38.0 Å². The zero-order chi connectivity index (χ0) is 20.7. The van der Waals surface area contributed by atoms with E-state index in [2.05, 4.69) is 22.2 Å². The summed E-state index contributed by atoms with van der Waals surface area (Å²) in [7, 11) is 0. The molecule has 0 unspecified atom stereocenters. The largest absolute Gasteiger partial charge is 0.477 e. The van der Waals surface area contributed by atoms with E-state index < -0.39 is 0 Å². The van der Waals surface area contributed by atoms with Crippen LogP contribution < -0.4 is 15.7 Å². The van der Waals surface area contributed by atoms with Gasteiger partial charge < -0.3 is 20.0 Å². The average molecular weight is 404 g/mol. The number of aromatic nitrogens is 3. The molecule has 0 atom stereocenters. The molecule has 2 saturated carbocycles. The number of pyridine rings is 1. The molecule has 0 aliphatic heterocycles. The van der Waals surface area contributed by atoms with Crippen molar-refractivity contribution in [1.29, 1.82) is 0 Å². The van der Waals surface area contributed by atoms with Gasteiger partial charge in [-0.05, 0) is 61.9 Å². The van der Waals surface area contributed by atoms with Gasteiger partial charge in [0, 0.05) is 17.1 Å². The van der Waals surface area contributed by atoms with Gasteiger partial charge in [-0.15, -0.1) is 0 Å². The van der Waals surface area contributed by atoms with Gasteiger partial charge in [-0.2, -0.15) is 0 Å². The first kappa shape index (κ1) is 18.7. The normalized spacial score (nSPS) is 17.4. The third kappa shape index (κ3) is 3.87. The molecule has 0 bridgehead atoms. The lowest BCUT2D eigenvalue weighted by atomic mass is 10.0. The second kappa shape index (κ2) is 7.16. The molecular formula is C23H24N4O3. The van der Waals surface area contributed by atoms with Crippen LogP contribution in [0.4, 0.5) is 5.69 Å². The Morgan fingerprint density at radius 3 is 2.87 bits per heavy atom. The Morgan fingerprint density at radius 2 is 2.10 bits per heavy atom. The van der Waals surface area contributed by atoms with Crippen molar-refractivity contribution in [2.75, 3.05) is 11.9 Å². The van der Waals surface area contributed by atoms with Crippen LogP contribution in [0.3, 0.4) is 0 Å². The molecule has 0 saturated heterocycles. The number of nitrogens with zero attached hydrogens (tertiary/aromatic N) is 1. The molecule has 3 aromatic rings. The van der Waals surface area contributed by atoms with Crippen LogP contribution in [-0.2, 0) is 10.2 Å². The van der Waals surface area contributed by atoms with E-state index in [0.29, 0.717) is 35.1 Å². The number of aromatic amines is 2. The van der Waals surface area contributed by atoms with Gasteiger partial charge in [-0.25, -0.2) is 9.78 Å². The number of ether oxygens (including phenoxy) is 1. The summed E-state index contributed by atoms with van der Waals surface area (Å²) < 4.78 is 6.00. The fourth-order valence-electron chi connectivity index (χ4n) is 3.46. The van der Waals surface area contributed by atoms with Gasteiger partial charge in [0.15, 0.2) is 0 Å². The molecule has 3 N–H and O–H groups in total. The van der Waals surface area contributed by atoms with Gasteiger partial charge >= 0.3 is 5.69 Å². The molecule has 2 aromatic heterocycles. The monoisotopic (exact) mass is 404 g/mol. The predicted molar refractivity (Wildman–Crippen MR) is 116 cm³/mol. The number of carbonyl (C=O) groups excluding carboxylic acids is 1. The van der Waals surface area contributed by atoms with Gasteiger partial charge in [0.1, 0.15) is 0 Å². The quantitative estimate of drug-likeness (QED) is 0.522. The van der Waals surface area contributed by atoms with E-state index >= 15 is 0 Å². The lowest BCUT2D eigenvalue weighted by molar-refractivity contribution is -0.111. The number of carbonyl (C=O) groups is 1. The number of benzene rings is 1. The molecule has 0 radical (unpaired) electrons. The molecule has 30 heavy (non-hydrogen) atoms. The molecule has 5 rings (SSSR count). The minimum Gasteiger partial charge on any atom is -0.477 e. The average Bonchev–Trinajstić information content (AvgIpc) is 3.65. The number of rotatable bonds is 7. The van der Waals surface area contributed by atoms with Crippen LogP contribution in [0.25, 0.3) is 17.1 Å². The summed E-state index contributed by atoms with van der Waals surface area (Å²) in [5.74, 6) is 0.917. The van der Waals surface area contributed by atoms with Crippen molar-refractivity contribution in [3.63, 3.8) is 0 Å². The molecule has 7 heteroatoms. The lowest BCUT2D eigenvalue weighted by Gasteiger charge is -2.13. The fourth-order valence-corrected chi connectivity index (χ4v) is 3.46. The summed E-state index contributed by atoms with van der Waals surface area (Å²) in [6.45, 7) is 2.89. The van der Waals surface area contributed by atoms with Crippen molar-refractivity contribution < 1.29 is 9.53 Å². The summed E-state index contributed by atoms with van der Waals surface area (Å²) in [4.78, 5) is 34.2. The standard InChI is InChI=1S/C23H24N4O3/c1-23(11-12-23)18-9-7-15(21(26-18)30-13-14-5-6-14)8-10-19(28)24-16-3-2-4-17-20(16)27-22(29)25-17/h2-4,7-10,14H,5-6,11-13H2,1H3,(H,24,28)(H2,25,27,29)/b10-8+. The second-order valence-electron chi connectivity index (χ2n) is 8.54. The number of imidazole rings is 1. The number of para-hydroxylation sites is 1. The summed E-state index contributed by atoms with van der Waals surface area (Å²) in [5.41, 5.74) is 3.44. The molecule has 1 amide bonds. The minimum absolute atomic E-state index is 0.156. The highest BCUT2D eigenvalue weighted by Crippen LogP contribution is 2.47. The molecule has 154 valence electrons. The van der Waals surface area contributed by atoms with Crippen LogP contribution in [0.5, 0.6) is 5.88 Å². The third-order valence-electron chi connectivity index (χ3n) is 5.88.